The van der Waals surface area contributed by atoms with E-state index in [2.05, 4.69) is 24.2 Å². The minimum atomic E-state index is 0.760. The van der Waals surface area contributed by atoms with Crippen LogP contribution in [0, 0.1) is 0 Å². The van der Waals surface area contributed by atoms with E-state index in [1.165, 1.54) is 51.7 Å². The van der Waals surface area contributed by atoms with E-state index < -0.39 is 0 Å². The Morgan fingerprint density at radius 2 is 2.23 bits per heavy atom. The van der Waals surface area contributed by atoms with Crippen LogP contribution in [0.5, 0.6) is 0 Å². The second kappa shape index (κ2) is 6.39. The highest BCUT2D eigenvalue weighted by molar-refractivity contribution is 4.75. The van der Waals surface area contributed by atoms with E-state index >= 15 is 0 Å². The Labute approximate surface area is 82.7 Å². The molecule has 1 saturated heterocycles. The fraction of sp³-hybridized carbons (Fsp3) is 1.00. The number of rotatable bonds is 5. The van der Waals surface area contributed by atoms with Crippen LogP contribution in [0.4, 0.5) is 0 Å². The van der Waals surface area contributed by atoms with Crippen molar-refractivity contribution in [1.29, 1.82) is 0 Å². The van der Waals surface area contributed by atoms with Crippen molar-refractivity contribution in [3.8, 4) is 0 Å². The van der Waals surface area contributed by atoms with Gasteiger partial charge in [-0.2, -0.15) is 0 Å². The fourth-order valence-electron chi connectivity index (χ4n) is 2.01. The summed E-state index contributed by atoms with van der Waals surface area (Å²) in [7, 11) is 2.22. The molecule has 78 valence electrons. The Kier molecular flexibility index (Phi) is 5.40. The predicted molar refractivity (Wildman–Crippen MR) is 58.0 cm³/mol. The third-order valence-electron chi connectivity index (χ3n) is 2.84. The number of nitrogens with one attached hydrogen (secondary N) is 1. The van der Waals surface area contributed by atoms with Crippen LogP contribution in [0.2, 0.25) is 0 Å². The van der Waals surface area contributed by atoms with Gasteiger partial charge < -0.3 is 10.2 Å². The smallest absolute Gasteiger partial charge is 0.0195 e. The number of nitrogens with zero attached hydrogens (tertiary/aromatic N) is 1. The molecule has 1 fully saturated rings. The lowest BCUT2D eigenvalue weighted by molar-refractivity contribution is 0.227. The molecule has 0 aromatic heterocycles. The molecule has 0 aliphatic carbocycles. The molecular weight excluding hydrogens is 160 g/mol. The molecule has 0 bridgehead atoms. The minimum absolute atomic E-state index is 0.760. The zero-order chi connectivity index (χ0) is 9.52. The zero-order valence-electron chi connectivity index (χ0n) is 9.18. The molecule has 2 nitrogen and oxygen atoms in total. The van der Waals surface area contributed by atoms with Gasteiger partial charge in [-0.1, -0.05) is 19.8 Å². The summed E-state index contributed by atoms with van der Waals surface area (Å²) in [5.41, 5.74) is 0. The maximum absolute atomic E-state index is 3.65. The monoisotopic (exact) mass is 184 g/mol. The van der Waals surface area contributed by atoms with Crippen molar-refractivity contribution in [2.75, 3.05) is 26.7 Å². The second-order valence-electron chi connectivity index (χ2n) is 4.26. The van der Waals surface area contributed by atoms with Gasteiger partial charge in [-0.05, 0) is 39.4 Å². The van der Waals surface area contributed by atoms with Gasteiger partial charge in [-0.15, -0.1) is 0 Å². The summed E-state index contributed by atoms with van der Waals surface area (Å²) >= 11 is 0. The van der Waals surface area contributed by atoms with Gasteiger partial charge in [0.15, 0.2) is 0 Å². The number of likely N-dealkylation sites (N-methyl/N-ethyl adjacent to an activating group) is 1. The van der Waals surface area contributed by atoms with Crippen LogP contribution in [0.25, 0.3) is 0 Å². The summed E-state index contributed by atoms with van der Waals surface area (Å²) in [5, 5.41) is 3.65. The first-order valence-electron chi connectivity index (χ1n) is 5.75. The van der Waals surface area contributed by atoms with Crippen molar-refractivity contribution in [1.82, 2.24) is 10.2 Å². The number of hydrogen-bond donors (Lipinski definition) is 1. The zero-order valence-corrected chi connectivity index (χ0v) is 9.18. The van der Waals surface area contributed by atoms with Crippen molar-refractivity contribution >= 4 is 0 Å². The van der Waals surface area contributed by atoms with E-state index in [1.807, 2.05) is 0 Å². The van der Waals surface area contributed by atoms with Crippen molar-refractivity contribution in [3.63, 3.8) is 0 Å². The average Bonchev–Trinajstić information content (AvgIpc) is 2.13. The lowest BCUT2D eigenvalue weighted by atomic mass is 10.1. The minimum Gasteiger partial charge on any atom is -0.313 e. The quantitative estimate of drug-likeness (QED) is 0.656. The molecule has 1 N–H and O–H groups in total. The molecule has 1 heterocycles. The maximum Gasteiger partial charge on any atom is 0.0195 e. The van der Waals surface area contributed by atoms with E-state index in [4.69, 9.17) is 0 Å². The van der Waals surface area contributed by atoms with Gasteiger partial charge in [0.1, 0.15) is 0 Å². The summed E-state index contributed by atoms with van der Waals surface area (Å²) in [4.78, 5) is 2.43. The van der Waals surface area contributed by atoms with E-state index in [-0.39, 0.29) is 0 Å². The van der Waals surface area contributed by atoms with Crippen molar-refractivity contribution in [3.05, 3.63) is 0 Å². The lowest BCUT2D eigenvalue weighted by Gasteiger charge is -2.30. The molecule has 1 rings (SSSR count). The predicted octanol–water partition coefficient (Wildman–Crippen LogP) is 1.86. The first-order chi connectivity index (χ1) is 6.33. The van der Waals surface area contributed by atoms with Crippen LogP contribution >= 0.6 is 0 Å². The Morgan fingerprint density at radius 1 is 1.38 bits per heavy atom. The number of piperidine rings is 1. The molecule has 1 unspecified atom stereocenters. The highest BCUT2D eigenvalue weighted by atomic mass is 15.1. The van der Waals surface area contributed by atoms with Gasteiger partial charge >= 0.3 is 0 Å². The van der Waals surface area contributed by atoms with E-state index in [1.54, 1.807) is 0 Å². The molecule has 0 spiro atoms. The third-order valence-corrected chi connectivity index (χ3v) is 2.84. The van der Waals surface area contributed by atoms with Gasteiger partial charge in [-0.3, -0.25) is 0 Å². The molecule has 1 aliphatic heterocycles. The number of unbranched alkanes of at least 4 members (excludes halogenated alkanes) is 2. The van der Waals surface area contributed by atoms with Crippen LogP contribution < -0.4 is 5.32 Å². The van der Waals surface area contributed by atoms with Crippen LogP contribution in [0.3, 0.4) is 0 Å². The Balaban J connectivity index is 2.00. The summed E-state index contributed by atoms with van der Waals surface area (Å²) in [5.74, 6) is 0. The normalized spacial score (nSPS) is 24.9. The van der Waals surface area contributed by atoms with Crippen LogP contribution in [0.1, 0.15) is 39.0 Å². The van der Waals surface area contributed by atoms with Gasteiger partial charge in [0.2, 0.25) is 0 Å². The molecule has 1 aliphatic rings. The van der Waals surface area contributed by atoms with E-state index in [9.17, 15) is 0 Å². The molecule has 0 aromatic carbocycles. The highest BCUT2D eigenvalue weighted by Crippen LogP contribution is 2.07. The number of likely N-dealkylation sites (tertiary alicyclic amines) is 1. The Morgan fingerprint density at radius 3 is 2.92 bits per heavy atom. The Hall–Kier alpha value is -0.0800. The largest absolute Gasteiger partial charge is 0.313 e. The molecule has 1 atom stereocenters. The topological polar surface area (TPSA) is 15.3 Å². The lowest BCUT2D eigenvalue weighted by Crippen LogP contribution is -2.44. The number of hydrogen-bond acceptors (Lipinski definition) is 2. The van der Waals surface area contributed by atoms with Gasteiger partial charge in [0.05, 0.1) is 0 Å². The molecule has 0 saturated carbocycles. The molecule has 0 amide bonds. The highest BCUT2D eigenvalue weighted by Gasteiger charge is 2.15. The van der Waals surface area contributed by atoms with E-state index in [0.717, 1.165) is 6.04 Å². The summed E-state index contributed by atoms with van der Waals surface area (Å²) < 4.78 is 0. The molecule has 13 heavy (non-hydrogen) atoms. The van der Waals surface area contributed by atoms with Crippen LogP contribution in [0.15, 0.2) is 0 Å². The Bertz CT molecular complexity index is 125. The second-order valence-corrected chi connectivity index (χ2v) is 4.26. The summed E-state index contributed by atoms with van der Waals surface area (Å²) in [6.45, 7) is 6.00. The summed E-state index contributed by atoms with van der Waals surface area (Å²) in [6, 6.07) is 0.760. The molecule has 0 radical (unpaired) electrons. The van der Waals surface area contributed by atoms with Crippen LogP contribution in [-0.2, 0) is 0 Å². The van der Waals surface area contributed by atoms with Crippen LogP contribution in [-0.4, -0.2) is 37.6 Å². The third kappa shape index (κ3) is 4.63. The SMILES string of the molecule is CCCCCNC1CCCN(C)C1. The van der Waals surface area contributed by atoms with Gasteiger partial charge in [-0.25, -0.2) is 0 Å². The first-order valence-corrected chi connectivity index (χ1v) is 5.75. The van der Waals surface area contributed by atoms with E-state index in [0.29, 0.717) is 0 Å². The fourth-order valence-corrected chi connectivity index (χ4v) is 2.01. The van der Waals surface area contributed by atoms with Gasteiger partial charge in [0, 0.05) is 12.6 Å². The summed E-state index contributed by atoms with van der Waals surface area (Å²) in [6.07, 6.45) is 6.77. The van der Waals surface area contributed by atoms with Gasteiger partial charge in [0.25, 0.3) is 0 Å². The average molecular weight is 184 g/mol. The van der Waals surface area contributed by atoms with Crippen molar-refractivity contribution in [2.45, 2.75) is 45.1 Å². The first kappa shape index (κ1) is 11.0. The maximum atomic E-state index is 3.65. The standard InChI is InChI=1S/C11H24N2/c1-3-4-5-8-12-11-7-6-9-13(2)10-11/h11-12H,3-10H2,1-2H3. The van der Waals surface area contributed by atoms with Crippen molar-refractivity contribution in [2.24, 2.45) is 0 Å². The molecule has 0 aromatic rings. The molecular formula is C11H24N2. The molecule has 2 heteroatoms. The van der Waals surface area contributed by atoms with Crippen molar-refractivity contribution < 1.29 is 0 Å².